The highest BCUT2D eigenvalue weighted by atomic mass is 16.5. The SMILES string of the molecule is O=C(O)[C@@H]1[C@H](C(=O)Nc2cccnc2)[C@@H]2CC[C@@H]1O2. The number of amides is 1. The van der Waals surface area contributed by atoms with Gasteiger partial charge < -0.3 is 15.2 Å². The Labute approximate surface area is 109 Å². The zero-order valence-corrected chi connectivity index (χ0v) is 10.2. The monoisotopic (exact) mass is 262 g/mol. The third-order valence-electron chi connectivity index (χ3n) is 3.79. The van der Waals surface area contributed by atoms with E-state index in [0.29, 0.717) is 5.69 Å². The molecule has 0 radical (unpaired) electrons. The second kappa shape index (κ2) is 4.62. The van der Waals surface area contributed by atoms with E-state index in [2.05, 4.69) is 10.3 Å². The fourth-order valence-corrected chi connectivity index (χ4v) is 2.99. The summed E-state index contributed by atoms with van der Waals surface area (Å²) in [5.74, 6) is -2.61. The first-order chi connectivity index (χ1) is 9.16. The zero-order chi connectivity index (χ0) is 13.4. The summed E-state index contributed by atoms with van der Waals surface area (Å²) >= 11 is 0. The Balaban J connectivity index is 1.77. The second-order valence-electron chi connectivity index (χ2n) is 4.91. The van der Waals surface area contributed by atoms with E-state index in [9.17, 15) is 14.7 Å². The molecule has 0 aromatic carbocycles. The molecule has 0 unspecified atom stereocenters. The number of rotatable bonds is 3. The average Bonchev–Trinajstić information content (AvgIpc) is 2.99. The molecule has 3 heterocycles. The zero-order valence-electron chi connectivity index (χ0n) is 10.2. The third kappa shape index (κ3) is 2.08. The van der Waals surface area contributed by atoms with E-state index >= 15 is 0 Å². The maximum Gasteiger partial charge on any atom is 0.310 e. The Morgan fingerprint density at radius 1 is 1.32 bits per heavy atom. The van der Waals surface area contributed by atoms with Crippen LogP contribution >= 0.6 is 0 Å². The number of aliphatic carboxylic acids is 1. The van der Waals surface area contributed by atoms with E-state index in [-0.39, 0.29) is 18.1 Å². The van der Waals surface area contributed by atoms with Crippen LogP contribution in [0.1, 0.15) is 12.8 Å². The Hall–Kier alpha value is -1.95. The van der Waals surface area contributed by atoms with Crippen LogP contribution in [0.15, 0.2) is 24.5 Å². The fraction of sp³-hybridized carbons (Fsp3) is 0.462. The molecule has 1 amide bonds. The van der Waals surface area contributed by atoms with Gasteiger partial charge in [-0.3, -0.25) is 14.6 Å². The molecule has 6 nitrogen and oxygen atoms in total. The summed E-state index contributed by atoms with van der Waals surface area (Å²) in [6.07, 6.45) is 4.01. The van der Waals surface area contributed by atoms with Gasteiger partial charge in [-0.05, 0) is 25.0 Å². The van der Waals surface area contributed by atoms with Crippen LogP contribution in [0.25, 0.3) is 0 Å². The van der Waals surface area contributed by atoms with Crippen LogP contribution in [0.5, 0.6) is 0 Å². The van der Waals surface area contributed by atoms with Crippen molar-refractivity contribution >= 4 is 17.6 Å². The van der Waals surface area contributed by atoms with Gasteiger partial charge in [0.15, 0.2) is 0 Å². The summed E-state index contributed by atoms with van der Waals surface area (Å²) in [5.41, 5.74) is 0.569. The summed E-state index contributed by atoms with van der Waals surface area (Å²) in [4.78, 5) is 27.4. The molecule has 2 N–H and O–H groups in total. The number of carbonyl (C=O) groups excluding carboxylic acids is 1. The molecule has 1 aromatic heterocycles. The number of pyridine rings is 1. The largest absolute Gasteiger partial charge is 0.481 e. The van der Waals surface area contributed by atoms with Gasteiger partial charge in [0.05, 0.1) is 35.9 Å². The van der Waals surface area contributed by atoms with Gasteiger partial charge in [-0.2, -0.15) is 0 Å². The number of anilines is 1. The van der Waals surface area contributed by atoms with E-state index in [0.717, 1.165) is 12.8 Å². The quantitative estimate of drug-likeness (QED) is 0.844. The highest BCUT2D eigenvalue weighted by Gasteiger charge is 2.55. The molecule has 100 valence electrons. The van der Waals surface area contributed by atoms with Crippen molar-refractivity contribution < 1.29 is 19.4 Å². The van der Waals surface area contributed by atoms with E-state index in [1.165, 1.54) is 6.20 Å². The van der Waals surface area contributed by atoms with Crippen molar-refractivity contribution in [1.82, 2.24) is 4.98 Å². The first kappa shape index (κ1) is 12.1. The van der Waals surface area contributed by atoms with Crippen LogP contribution in [0.3, 0.4) is 0 Å². The predicted molar refractivity (Wildman–Crippen MR) is 65.4 cm³/mol. The van der Waals surface area contributed by atoms with Gasteiger partial charge in [0, 0.05) is 6.20 Å². The van der Waals surface area contributed by atoms with Crippen LogP contribution in [-0.4, -0.2) is 34.2 Å². The number of carboxylic acids is 1. The van der Waals surface area contributed by atoms with Crippen molar-refractivity contribution in [3.05, 3.63) is 24.5 Å². The molecular weight excluding hydrogens is 248 g/mol. The Morgan fingerprint density at radius 2 is 2.05 bits per heavy atom. The molecule has 2 fully saturated rings. The topological polar surface area (TPSA) is 88.5 Å². The Bertz CT molecular complexity index is 505. The summed E-state index contributed by atoms with van der Waals surface area (Å²) in [5, 5.41) is 12.0. The van der Waals surface area contributed by atoms with Crippen molar-refractivity contribution in [2.24, 2.45) is 11.8 Å². The molecule has 0 aliphatic carbocycles. The number of ether oxygens (including phenoxy) is 1. The lowest BCUT2D eigenvalue weighted by Gasteiger charge is -2.23. The predicted octanol–water partition coefficient (Wildman–Crippen LogP) is 0.898. The lowest BCUT2D eigenvalue weighted by Crippen LogP contribution is -2.40. The van der Waals surface area contributed by atoms with Crippen LogP contribution < -0.4 is 5.32 Å². The molecule has 2 aliphatic rings. The lowest BCUT2D eigenvalue weighted by molar-refractivity contribution is -0.147. The molecule has 0 saturated carbocycles. The number of carboxylic acid groups (broad SMARTS) is 1. The summed E-state index contributed by atoms with van der Waals surface area (Å²) in [7, 11) is 0. The van der Waals surface area contributed by atoms with Crippen molar-refractivity contribution in [3.63, 3.8) is 0 Å². The van der Waals surface area contributed by atoms with Crippen molar-refractivity contribution in [2.45, 2.75) is 25.0 Å². The normalized spacial score (nSPS) is 32.2. The number of aromatic nitrogens is 1. The van der Waals surface area contributed by atoms with Crippen LogP contribution in [-0.2, 0) is 14.3 Å². The first-order valence-electron chi connectivity index (χ1n) is 6.26. The molecule has 19 heavy (non-hydrogen) atoms. The van der Waals surface area contributed by atoms with Crippen molar-refractivity contribution in [3.8, 4) is 0 Å². The van der Waals surface area contributed by atoms with Crippen LogP contribution in [0, 0.1) is 11.8 Å². The molecule has 2 saturated heterocycles. The number of hydrogen-bond donors (Lipinski definition) is 2. The Morgan fingerprint density at radius 3 is 2.68 bits per heavy atom. The van der Waals surface area contributed by atoms with Gasteiger partial charge in [-0.15, -0.1) is 0 Å². The standard InChI is InChI=1S/C13H14N2O4/c16-12(15-7-2-1-5-14-6-7)10-8-3-4-9(19-8)11(10)13(17)18/h1-2,5-6,8-11H,3-4H2,(H,15,16)(H,17,18)/t8-,9-,10+,11-/m0/s1. The molecule has 2 bridgehead atoms. The number of hydrogen-bond acceptors (Lipinski definition) is 4. The second-order valence-corrected chi connectivity index (χ2v) is 4.91. The fourth-order valence-electron chi connectivity index (χ4n) is 2.99. The highest BCUT2D eigenvalue weighted by molar-refractivity contribution is 5.96. The smallest absolute Gasteiger partial charge is 0.310 e. The summed E-state index contributed by atoms with van der Waals surface area (Å²) in [6.45, 7) is 0. The molecule has 0 spiro atoms. The van der Waals surface area contributed by atoms with E-state index in [1.54, 1.807) is 18.3 Å². The van der Waals surface area contributed by atoms with Gasteiger partial charge in [0.1, 0.15) is 0 Å². The molecule has 1 aromatic rings. The molecule has 6 heteroatoms. The summed E-state index contributed by atoms with van der Waals surface area (Å²) < 4.78 is 5.56. The molecular formula is C13H14N2O4. The maximum absolute atomic E-state index is 12.2. The van der Waals surface area contributed by atoms with E-state index in [4.69, 9.17) is 4.74 Å². The highest BCUT2D eigenvalue weighted by Crippen LogP contribution is 2.44. The minimum absolute atomic E-state index is 0.275. The van der Waals surface area contributed by atoms with Gasteiger partial charge in [-0.25, -0.2) is 0 Å². The Kier molecular flexibility index (Phi) is 2.94. The number of nitrogens with one attached hydrogen (secondary N) is 1. The molecule has 3 rings (SSSR count). The minimum atomic E-state index is -0.960. The van der Waals surface area contributed by atoms with E-state index < -0.39 is 17.8 Å². The average molecular weight is 262 g/mol. The summed E-state index contributed by atoms with van der Waals surface area (Å²) in [6, 6.07) is 3.43. The molecule has 4 atom stereocenters. The van der Waals surface area contributed by atoms with Crippen LogP contribution in [0.2, 0.25) is 0 Å². The van der Waals surface area contributed by atoms with Crippen molar-refractivity contribution in [1.29, 1.82) is 0 Å². The minimum Gasteiger partial charge on any atom is -0.481 e. The number of carbonyl (C=O) groups is 2. The number of fused-ring (bicyclic) bond motifs is 2. The van der Waals surface area contributed by atoms with Gasteiger partial charge in [-0.1, -0.05) is 0 Å². The molecule has 2 aliphatic heterocycles. The lowest BCUT2D eigenvalue weighted by atomic mass is 9.78. The van der Waals surface area contributed by atoms with Gasteiger partial charge in [0.25, 0.3) is 0 Å². The van der Waals surface area contributed by atoms with Crippen LogP contribution in [0.4, 0.5) is 5.69 Å². The first-order valence-corrected chi connectivity index (χ1v) is 6.26. The van der Waals surface area contributed by atoms with Gasteiger partial charge in [0.2, 0.25) is 5.91 Å². The number of nitrogens with zero attached hydrogens (tertiary/aromatic N) is 1. The van der Waals surface area contributed by atoms with Crippen molar-refractivity contribution in [2.75, 3.05) is 5.32 Å². The maximum atomic E-state index is 12.2. The van der Waals surface area contributed by atoms with Gasteiger partial charge >= 0.3 is 5.97 Å². The third-order valence-corrected chi connectivity index (χ3v) is 3.79. The van der Waals surface area contributed by atoms with E-state index in [1.807, 2.05) is 0 Å².